The number of hydrogen-bond acceptors (Lipinski definition) is 3. The maximum absolute atomic E-state index is 11.8. The van der Waals surface area contributed by atoms with Crippen molar-refractivity contribution in [2.45, 2.75) is 56.7 Å². The Morgan fingerprint density at radius 1 is 1.31 bits per heavy atom. The van der Waals surface area contributed by atoms with E-state index >= 15 is 0 Å². The molecule has 0 spiro atoms. The van der Waals surface area contributed by atoms with Gasteiger partial charge in [-0.1, -0.05) is 12.8 Å². The molecule has 0 unspecified atom stereocenters. The number of ether oxygens (including phenoxy) is 1. The Kier molecular flexibility index (Phi) is 3.82. The van der Waals surface area contributed by atoms with E-state index in [0.717, 1.165) is 25.7 Å². The molecule has 2 rings (SSSR count). The first-order chi connectivity index (χ1) is 7.72. The predicted molar refractivity (Wildman–Crippen MR) is 61.9 cm³/mol. The summed E-state index contributed by atoms with van der Waals surface area (Å²) >= 11 is 0. The SMILES string of the molecule is CO[C@H](C1CCCC1)[C@H](N)C(=O)NC1CC1. The second-order valence-electron chi connectivity index (χ2n) is 5.05. The van der Waals surface area contributed by atoms with Crippen molar-refractivity contribution < 1.29 is 9.53 Å². The molecular formula is C12H22N2O2. The molecule has 0 aromatic rings. The van der Waals surface area contributed by atoms with Crippen LogP contribution in [0.1, 0.15) is 38.5 Å². The molecule has 2 fully saturated rings. The molecule has 0 bridgehead atoms. The van der Waals surface area contributed by atoms with Crippen LogP contribution >= 0.6 is 0 Å². The lowest BCUT2D eigenvalue weighted by molar-refractivity contribution is -0.126. The van der Waals surface area contributed by atoms with Crippen molar-refractivity contribution in [3.63, 3.8) is 0 Å². The predicted octanol–water partition coefficient (Wildman–Crippen LogP) is 0.798. The van der Waals surface area contributed by atoms with E-state index in [2.05, 4.69) is 5.32 Å². The molecule has 0 radical (unpaired) electrons. The fourth-order valence-electron chi connectivity index (χ4n) is 2.59. The van der Waals surface area contributed by atoms with Gasteiger partial charge in [0.15, 0.2) is 0 Å². The number of nitrogens with two attached hydrogens (primary N) is 1. The third kappa shape index (κ3) is 2.74. The highest BCUT2D eigenvalue weighted by Gasteiger charge is 2.35. The van der Waals surface area contributed by atoms with E-state index in [9.17, 15) is 4.79 Å². The summed E-state index contributed by atoms with van der Waals surface area (Å²) in [5.41, 5.74) is 5.99. The van der Waals surface area contributed by atoms with Crippen LogP contribution in [0.3, 0.4) is 0 Å². The molecule has 16 heavy (non-hydrogen) atoms. The largest absolute Gasteiger partial charge is 0.379 e. The number of hydrogen-bond donors (Lipinski definition) is 2. The van der Waals surface area contributed by atoms with Gasteiger partial charge in [-0.25, -0.2) is 0 Å². The van der Waals surface area contributed by atoms with Gasteiger partial charge in [-0.05, 0) is 31.6 Å². The van der Waals surface area contributed by atoms with Gasteiger partial charge in [-0.2, -0.15) is 0 Å². The van der Waals surface area contributed by atoms with Crippen molar-refractivity contribution in [2.75, 3.05) is 7.11 Å². The standard InChI is InChI=1S/C12H22N2O2/c1-16-11(8-4-2-3-5-8)10(13)12(15)14-9-6-7-9/h8-11H,2-7,13H2,1H3,(H,14,15)/t10-,11+/m0/s1. The van der Waals surface area contributed by atoms with Crippen molar-refractivity contribution in [1.82, 2.24) is 5.32 Å². The molecule has 4 nitrogen and oxygen atoms in total. The topological polar surface area (TPSA) is 64.3 Å². The van der Waals surface area contributed by atoms with Crippen LogP contribution < -0.4 is 11.1 Å². The van der Waals surface area contributed by atoms with Crippen LogP contribution in [0, 0.1) is 5.92 Å². The molecule has 0 aromatic carbocycles. The molecule has 1 amide bonds. The molecular weight excluding hydrogens is 204 g/mol. The fourth-order valence-corrected chi connectivity index (χ4v) is 2.59. The van der Waals surface area contributed by atoms with E-state index in [4.69, 9.17) is 10.5 Å². The van der Waals surface area contributed by atoms with Crippen molar-refractivity contribution in [3.05, 3.63) is 0 Å². The van der Waals surface area contributed by atoms with Crippen molar-refractivity contribution >= 4 is 5.91 Å². The zero-order chi connectivity index (χ0) is 11.5. The van der Waals surface area contributed by atoms with Crippen molar-refractivity contribution in [1.29, 1.82) is 0 Å². The van der Waals surface area contributed by atoms with Gasteiger partial charge >= 0.3 is 0 Å². The Morgan fingerprint density at radius 3 is 2.44 bits per heavy atom. The lowest BCUT2D eigenvalue weighted by Crippen LogP contribution is -2.51. The van der Waals surface area contributed by atoms with E-state index in [-0.39, 0.29) is 12.0 Å². The number of carbonyl (C=O) groups is 1. The monoisotopic (exact) mass is 226 g/mol. The van der Waals surface area contributed by atoms with Crippen LogP contribution in [-0.2, 0) is 9.53 Å². The summed E-state index contributed by atoms with van der Waals surface area (Å²) in [6.45, 7) is 0. The minimum absolute atomic E-state index is 0.0405. The third-order valence-electron chi connectivity index (χ3n) is 3.72. The Hall–Kier alpha value is -0.610. The number of carbonyl (C=O) groups excluding carboxylic acids is 1. The van der Waals surface area contributed by atoms with Gasteiger partial charge < -0.3 is 15.8 Å². The highest BCUT2D eigenvalue weighted by Crippen LogP contribution is 2.30. The number of methoxy groups -OCH3 is 1. The summed E-state index contributed by atoms with van der Waals surface area (Å²) in [7, 11) is 1.66. The smallest absolute Gasteiger partial charge is 0.239 e. The van der Waals surface area contributed by atoms with Crippen molar-refractivity contribution in [2.24, 2.45) is 11.7 Å². The number of rotatable bonds is 5. The summed E-state index contributed by atoms with van der Waals surface area (Å²) in [5, 5.41) is 2.95. The summed E-state index contributed by atoms with van der Waals surface area (Å²) in [4.78, 5) is 11.8. The van der Waals surface area contributed by atoms with Crippen molar-refractivity contribution in [3.8, 4) is 0 Å². The Morgan fingerprint density at radius 2 is 1.94 bits per heavy atom. The van der Waals surface area contributed by atoms with E-state index in [1.54, 1.807) is 7.11 Å². The first-order valence-corrected chi connectivity index (χ1v) is 6.31. The van der Waals surface area contributed by atoms with E-state index < -0.39 is 6.04 Å². The van der Waals surface area contributed by atoms with Gasteiger partial charge in [0.05, 0.1) is 6.10 Å². The zero-order valence-electron chi connectivity index (χ0n) is 9.95. The Labute approximate surface area is 96.9 Å². The van der Waals surface area contributed by atoms with Gasteiger partial charge in [0.2, 0.25) is 5.91 Å². The summed E-state index contributed by atoms with van der Waals surface area (Å²) in [6.07, 6.45) is 6.84. The van der Waals surface area contributed by atoms with Crippen LogP contribution in [0.15, 0.2) is 0 Å². The molecule has 3 N–H and O–H groups in total. The molecule has 2 aliphatic carbocycles. The number of nitrogens with one attached hydrogen (secondary N) is 1. The fraction of sp³-hybridized carbons (Fsp3) is 0.917. The second kappa shape index (κ2) is 5.15. The van der Waals surface area contributed by atoms with Gasteiger partial charge in [-0.15, -0.1) is 0 Å². The minimum Gasteiger partial charge on any atom is -0.379 e. The van der Waals surface area contributed by atoms with Gasteiger partial charge in [-0.3, -0.25) is 4.79 Å². The number of amides is 1. The van der Waals surface area contributed by atoms with Crippen LogP contribution in [-0.4, -0.2) is 31.2 Å². The maximum Gasteiger partial charge on any atom is 0.239 e. The molecule has 2 saturated carbocycles. The van der Waals surface area contributed by atoms with Crippen LogP contribution in [0.4, 0.5) is 0 Å². The summed E-state index contributed by atoms with van der Waals surface area (Å²) < 4.78 is 5.43. The molecule has 2 atom stereocenters. The Balaban J connectivity index is 1.87. The van der Waals surface area contributed by atoms with E-state index in [1.807, 2.05) is 0 Å². The average molecular weight is 226 g/mol. The first-order valence-electron chi connectivity index (χ1n) is 6.31. The summed E-state index contributed by atoms with van der Waals surface area (Å²) in [5.74, 6) is 0.422. The quantitative estimate of drug-likeness (QED) is 0.728. The molecule has 4 heteroatoms. The lowest BCUT2D eigenvalue weighted by Gasteiger charge is -2.27. The maximum atomic E-state index is 11.8. The van der Waals surface area contributed by atoms with Gasteiger partial charge in [0, 0.05) is 13.2 Å². The molecule has 92 valence electrons. The molecule has 0 aliphatic heterocycles. The molecule has 0 saturated heterocycles. The molecule has 0 aromatic heterocycles. The highest BCUT2D eigenvalue weighted by atomic mass is 16.5. The van der Waals surface area contributed by atoms with E-state index in [1.165, 1.54) is 12.8 Å². The molecule has 2 aliphatic rings. The lowest BCUT2D eigenvalue weighted by atomic mass is 9.94. The van der Waals surface area contributed by atoms with Crippen LogP contribution in [0.2, 0.25) is 0 Å². The Bertz CT molecular complexity index is 247. The van der Waals surface area contributed by atoms with E-state index in [0.29, 0.717) is 12.0 Å². The van der Waals surface area contributed by atoms with Gasteiger partial charge in [0.1, 0.15) is 6.04 Å². The molecule has 0 heterocycles. The second-order valence-corrected chi connectivity index (χ2v) is 5.05. The highest BCUT2D eigenvalue weighted by molar-refractivity contribution is 5.82. The zero-order valence-corrected chi connectivity index (χ0v) is 9.95. The average Bonchev–Trinajstić information content (AvgIpc) is 2.93. The minimum atomic E-state index is -0.506. The van der Waals surface area contributed by atoms with Crippen LogP contribution in [0.25, 0.3) is 0 Å². The first kappa shape index (κ1) is 11.9. The third-order valence-corrected chi connectivity index (χ3v) is 3.72. The summed E-state index contributed by atoms with van der Waals surface area (Å²) in [6, 6.07) is -0.131. The normalized spacial score (nSPS) is 25.4. The van der Waals surface area contributed by atoms with Gasteiger partial charge in [0.25, 0.3) is 0 Å². The van der Waals surface area contributed by atoms with Crippen LogP contribution in [0.5, 0.6) is 0 Å².